The highest BCUT2D eigenvalue weighted by Gasteiger charge is 2.09. The lowest BCUT2D eigenvalue weighted by molar-refractivity contribution is 0.354. The molecule has 0 aliphatic heterocycles. The maximum atomic E-state index is 12.5. The Morgan fingerprint density at radius 1 is 1.00 bits per heavy atom. The van der Waals surface area contributed by atoms with E-state index in [1.165, 1.54) is 4.57 Å². The number of aryl methyl sites for hydroxylation is 1. The summed E-state index contributed by atoms with van der Waals surface area (Å²) >= 11 is 0. The maximum Gasteiger partial charge on any atom is 0.328 e. The van der Waals surface area contributed by atoms with Crippen molar-refractivity contribution in [1.29, 1.82) is 0 Å². The summed E-state index contributed by atoms with van der Waals surface area (Å²) in [5.74, 6) is 1.26. The van der Waals surface area contributed by atoms with Gasteiger partial charge in [-0.1, -0.05) is 18.2 Å². The molecule has 0 bridgehead atoms. The van der Waals surface area contributed by atoms with Gasteiger partial charge in [0.1, 0.15) is 0 Å². The minimum atomic E-state index is -0.404. The SMILES string of the molecule is COc1ccc(CCn2c(=O)[nH]c3ccccc3c2=O)cc1OC. The third-order valence-electron chi connectivity index (χ3n) is 3.96. The van der Waals surface area contributed by atoms with Crippen molar-refractivity contribution in [2.24, 2.45) is 0 Å². The third-order valence-corrected chi connectivity index (χ3v) is 3.96. The van der Waals surface area contributed by atoms with Crippen LogP contribution >= 0.6 is 0 Å². The molecule has 2 aromatic carbocycles. The van der Waals surface area contributed by atoms with Crippen molar-refractivity contribution in [1.82, 2.24) is 9.55 Å². The topological polar surface area (TPSA) is 73.3 Å². The van der Waals surface area contributed by atoms with Crippen LogP contribution in [-0.4, -0.2) is 23.8 Å². The van der Waals surface area contributed by atoms with Gasteiger partial charge in [0.25, 0.3) is 5.56 Å². The van der Waals surface area contributed by atoms with Crippen molar-refractivity contribution in [2.45, 2.75) is 13.0 Å². The molecule has 0 saturated heterocycles. The molecule has 0 aliphatic rings. The molecule has 0 radical (unpaired) electrons. The van der Waals surface area contributed by atoms with Gasteiger partial charge in [0, 0.05) is 6.54 Å². The number of aromatic amines is 1. The van der Waals surface area contributed by atoms with E-state index in [2.05, 4.69) is 4.98 Å². The molecule has 0 unspecified atom stereocenters. The van der Waals surface area contributed by atoms with Crippen LogP contribution in [0.1, 0.15) is 5.56 Å². The quantitative estimate of drug-likeness (QED) is 0.778. The van der Waals surface area contributed by atoms with Gasteiger partial charge in [-0.05, 0) is 36.2 Å². The van der Waals surface area contributed by atoms with E-state index >= 15 is 0 Å². The normalized spacial score (nSPS) is 10.8. The number of aromatic nitrogens is 2. The number of fused-ring (bicyclic) bond motifs is 1. The Bertz CT molecular complexity index is 988. The summed E-state index contributed by atoms with van der Waals surface area (Å²) in [5, 5.41) is 0.504. The van der Waals surface area contributed by atoms with E-state index < -0.39 is 5.69 Å². The molecule has 6 heteroatoms. The molecule has 1 heterocycles. The Balaban J connectivity index is 1.91. The molecule has 0 spiro atoms. The molecule has 0 saturated carbocycles. The molecule has 24 heavy (non-hydrogen) atoms. The summed E-state index contributed by atoms with van der Waals surface area (Å²) in [6, 6.07) is 12.5. The number of methoxy groups -OCH3 is 2. The Morgan fingerprint density at radius 2 is 1.75 bits per heavy atom. The van der Waals surface area contributed by atoms with Gasteiger partial charge in [-0.2, -0.15) is 0 Å². The Morgan fingerprint density at radius 3 is 2.50 bits per heavy atom. The lowest BCUT2D eigenvalue weighted by Crippen LogP contribution is -2.35. The monoisotopic (exact) mass is 326 g/mol. The van der Waals surface area contributed by atoms with Gasteiger partial charge < -0.3 is 14.5 Å². The molecule has 3 aromatic rings. The number of nitrogens with zero attached hydrogens (tertiary/aromatic N) is 1. The van der Waals surface area contributed by atoms with E-state index in [1.807, 2.05) is 18.2 Å². The number of H-pyrrole nitrogens is 1. The highest BCUT2D eigenvalue weighted by Crippen LogP contribution is 2.27. The highest BCUT2D eigenvalue weighted by atomic mass is 16.5. The molecular formula is C18H18N2O4. The second-order valence-corrected chi connectivity index (χ2v) is 5.37. The molecular weight excluding hydrogens is 308 g/mol. The molecule has 1 N–H and O–H groups in total. The highest BCUT2D eigenvalue weighted by molar-refractivity contribution is 5.76. The average molecular weight is 326 g/mol. The summed E-state index contributed by atoms with van der Waals surface area (Å²) < 4.78 is 11.7. The minimum absolute atomic E-state index is 0.283. The van der Waals surface area contributed by atoms with Crippen LogP contribution in [0.25, 0.3) is 10.9 Å². The van der Waals surface area contributed by atoms with Crippen molar-refractivity contribution in [2.75, 3.05) is 14.2 Å². The molecule has 0 aliphatic carbocycles. The van der Waals surface area contributed by atoms with Crippen LogP contribution in [0.2, 0.25) is 0 Å². The first kappa shape index (κ1) is 15.9. The van der Waals surface area contributed by atoms with E-state index in [4.69, 9.17) is 9.47 Å². The number of benzene rings is 2. The smallest absolute Gasteiger partial charge is 0.328 e. The fraction of sp³-hybridized carbons (Fsp3) is 0.222. The van der Waals surface area contributed by atoms with E-state index in [1.54, 1.807) is 38.5 Å². The number of hydrogen-bond acceptors (Lipinski definition) is 4. The van der Waals surface area contributed by atoms with Crippen LogP contribution in [-0.2, 0) is 13.0 Å². The third kappa shape index (κ3) is 2.90. The van der Waals surface area contributed by atoms with Gasteiger partial charge in [0.05, 0.1) is 25.1 Å². The first-order valence-electron chi connectivity index (χ1n) is 7.57. The van der Waals surface area contributed by atoms with Crippen LogP contribution in [0, 0.1) is 0 Å². The van der Waals surface area contributed by atoms with Crippen molar-refractivity contribution in [3.8, 4) is 11.5 Å². The standard InChI is InChI=1S/C18H18N2O4/c1-23-15-8-7-12(11-16(15)24-2)9-10-20-17(21)13-5-3-4-6-14(13)19-18(20)22/h3-8,11H,9-10H2,1-2H3,(H,19,22). The summed E-state index contributed by atoms with van der Waals surface area (Å²) in [6.07, 6.45) is 0.529. The van der Waals surface area contributed by atoms with E-state index in [-0.39, 0.29) is 12.1 Å². The summed E-state index contributed by atoms with van der Waals surface area (Å²) in [5.41, 5.74) is 0.816. The lowest BCUT2D eigenvalue weighted by Gasteiger charge is -2.10. The molecule has 0 atom stereocenters. The zero-order chi connectivity index (χ0) is 17.1. The summed E-state index contributed by atoms with van der Waals surface area (Å²) in [4.78, 5) is 27.4. The second-order valence-electron chi connectivity index (χ2n) is 5.37. The van der Waals surface area contributed by atoms with Crippen molar-refractivity contribution in [3.05, 3.63) is 68.9 Å². The zero-order valence-corrected chi connectivity index (χ0v) is 13.5. The van der Waals surface area contributed by atoms with Gasteiger partial charge in [0.2, 0.25) is 0 Å². The predicted molar refractivity (Wildman–Crippen MR) is 92.1 cm³/mol. The van der Waals surface area contributed by atoms with Crippen LogP contribution in [0.4, 0.5) is 0 Å². The molecule has 0 amide bonds. The van der Waals surface area contributed by atoms with Crippen LogP contribution < -0.4 is 20.7 Å². The molecule has 0 fully saturated rings. The van der Waals surface area contributed by atoms with Gasteiger partial charge >= 0.3 is 5.69 Å². The summed E-state index contributed by atoms with van der Waals surface area (Å²) in [6.45, 7) is 0.286. The van der Waals surface area contributed by atoms with Crippen LogP contribution in [0.5, 0.6) is 11.5 Å². The van der Waals surface area contributed by atoms with E-state index in [9.17, 15) is 9.59 Å². The van der Waals surface area contributed by atoms with E-state index in [0.717, 1.165) is 5.56 Å². The number of para-hydroxylation sites is 1. The first-order valence-corrected chi connectivity index (χ1v) is 7.57. The molecule has 3 rings (SSSR count). The fourth-order valence-corrected chi connectivity index (χ4v) is 2.68. The first-order chi connectivity index (χ1) is 11.6. The molecule has 1 aromatic heterocycles. The van der Waals surface area contributed by atoms with Crippen molar-refractivity contribution in [3.63, 3.8) is 0 Å². The zero-order valence-electron chi connectivity index (χ0n) is 13.5. The Labute approximate surface area is 138 Å². The number of rotatable bonds is 5. The minimum Gasteiger partial charge on any atom is -0.493 e. The summed E-state index contributed by atoms with van der Waals surface area (Å²) in [7, 11) is 3.14. The lowest BCUT2D eigenvalue weighted by atomic mass is 10.1. The number of nitrogens with one attached hydrogen (secondary N) is 1. The number of hydrogen-bond donors (Lipinski definition) is 1. The van der Waals surface area contributed by atoms with Crippen LogP contribution in [0.15, 0.2) is 52.1 Å². The number of ether oxygens (including phenoxy) is 2. The van der Waals surface area contributed by atoms with Crippen molar-refractivity contribution >= 4 is 10.9 Å². The Hall–Kier alpha value is -3.02. The fourth-order valence-electron chi connectivity index (χ4n) is 2.68. The van der Waals surface area contributed by atoms with E-state index in [0.29, 0.717) is 28.8 Å². The Kier molecular flexibility index (Phi) is 4.37. The van der Waals surface area contributed by atoms with Crippen LogP contribution in [0.3, 0.4) is 0 Å². The second kappa shape index (κ2) is 6.62. The van der Waals surface area contributed by atoms with Gasteiger partial charge in [-0.3, -0.25) is 9.36 Å². The van der Waals surface area contributed by atoms with Gasteiger partial charge in [-0.15, -0.1) is 0 Å². The van der Waals surface area contributed by atoms with Gasteiger partial charge in [-0.25, -0.2) is 4.79 Å². The largest absolute Gasteiger partial charge is 0.493 e. The molecule has 124 valence electrons. The van der Waals surface area contributed by atoms with Crippen molar-refractivity contribution < 1.29 is 9.47 Å². The average Bonchev–Trinajstić information content (AvgIpc) is 2.61. The maximum absolute atomic E-state index is 12.5. The van der Waals surface area contributed by atoms with Gasteiger partial charge in [0.15, 0.2) is 11.5 Å². The molecule has 6 nitrogen and oxygen atoms in total. The predicted octanol–water partition coefficient (Wildman–Crippen LogP) is 1.95.